The Hall–Kier alpha value is -0.840. The van der Waals surface area contributed by atoms with Gasteiger partial charge in [0.25, 0.3) is 0 Å². The maximum atomic E-state index is 11.0. The molecule has 80 valence electrons. The fraction of sp³-hybridized carbons (Fsp3) is 0.250. The molecule has 0 unspecified atom stereocenters. The van der Waals surface area contributed by atoms with E-state index in [1.165, 1.54) is 7.11 Å². The quantitative estimate of drug-likeness (QED) is 0.786. The van der Waals surface area contributed by atoms with Crippen LogP contribution in [-0.4, -0.2) is 18.1 Å². The summed E-state index contributed by atoms with van der Waals surface area (Å²) >= 11 is 0. The van der Waals surface area contributed by atoms with Crippen LogP contribution in [0.4, 0.5) is 0 Å². The first-order valence-corrected chi connectivity index (χ1v) is 3.52. The summed E-state index contributed by atoms with van der Waals surface area (Å²) in [5.74, 6) is -0.440. The van der Waals surface area contributed by atoms with Crippen LogP contribution < -0.4 is 5.73 Å². The highest BCUT2D eigenvalue weighted by atomic mass is 35.5. The lowest BCUT2D eigenvalue weighted by Gasteiger charge is -1.99. The Bertz CT molecular complexity index is 294. The third-order valence-electron chi connectivity index (χ3n) is 1.41. The van der Waals surface area contributed by atoms with Crippen molar-refractivity contribution < 1.29 is 9.53 Å². The molecule has 0 saturated carbocycles. The topological polar surface area (TPSA) is 65.2 Å². The molecule has 0 saturated heterocycles. The summed E-state index contributed by atoms with van der Waals surface area (Å²) in [6.45, 7) is 0.324. The van der Waals surface area contributed by atoms with Crippen LogP contribution in [0.15, 0.2) is 18.2 Å². The summed E-state index contributed by atoms with van der Waals surface area (Å²) in [5, 5.41) is 0. The smallest absolute Gasteiger partial charge is 0.356 e. The number of nitrogens with two attached hydrogens (primary N) is 1. The predicted molar refractivity (Wildman–Crippen MR) is 58.0 cm³/mol. The van der Waals surface area contributed by atoms with Crippen molar-refractivity contribution in [2.75, 3.05) is 7.11 Å². The van der Waals surface area contributed by atoms with Crippen LogP contribution in [0, 0.1) is 0 Å². The number of hydrogen-bond donors (Lipinski definition) is 1. The van der Waals surface area contributed by atoms with E-state index in [4.69, 9.17) is 5.73 Å². The fourth-order valence-electron chi connectivity index (χ4n) is 0.812. The summed E-state index contributed by atoms with van der Waals surface area (Å²) < 4.78 is 4.49. The van der Waals surface area contributed by atoms with E-state index < -0.39 is 5.97 Å². The summed E-state index contributed by atoms with van der Waals surface area (Å²) in [6.07, 6.45) is 0. The van der Waals surface area contributed by atoms with Crippen LogP contribution in [0.2, 0.25) is 0 Å². The second-order valence-corrected chi connectivity index (χ2v) is 2.21. The molecule has 0 radical (unpaired) electrons. The van der Waals surface area contributed by atoms with Crippen molar-refractivity contribution in [1.29, 1.82) is 0 Å². The highest BCUT2D eigenvalue weighted by Crippen LogP contribution is 1.99. The number of esters is 1. The minimum atomic E-state index is -0.440. The second-order valence-electron chi connectivity index (χ2n) is 2.21. The fourth-order valence-corrected chi connectivity index (χ4v) is 0.812. The Morgan fingerprint density at radius 1 is 1.50 bits per heavy atom. The standard InChI is InChI=1S/C8H10N2O2.2ClH/c1-12-8(11)7-4-2-3-6(5-9)10-7;;/h2-4H,5,9H2,1H3;2*1H. The van der Waals surface area contributed by atoms with E-state index in [0.717, 1.165) is 0 Å². The lowest BCUT2D eigenvalue weighted by atomic mass is 10.3. The van der Waals surface area contributed by atoms with Gasteiger partial charge in [0.2, 0.25) is 0 Å². The van der Waals surface area contributed by atoms with Crippen molar-refractivity contribution in [2.24, 2.45) is 5.73 Å². The molecule has 14 heavy (non-hydrogen) atoms. The number of rotatable bonds is 2. The monoisotopic (exact) mass is 238 g/mol. The molecule has 0 amide bonds. The number of pyridine rings is 1. The van der Waals surface area contributed by atoms with Crippen LogP contribution >= 0.6 is 24.8 Å². The zero-order valence-corrected chi connectivity index (χ0v) is 9.23. The van der Waals surface area contributed by atoms with E-state index in [9.17, 15) is 4.79 Å². The number of aromatic nitrogens is 1. The summed E-state index contributed by atoms with van der Waals surface area (Å²) in [5.41, 5.74) is 6.32. The summed E-state index contributed by atoms with van der Waals surface area (Å²) in [4.78, 5) is 14.9. The first-order chi connectivity index (χ1) is 5.77. The van der Waals surface area contributed by atoms with Gasteiger partial charge in [0.1, 0.15) is 5.69 Å². The molecule has 0 fully saturated rings. The third kappa shape index (κ3) is 3.91. The molecule has 0 aliphatic rings. The average Bonchev–Trinajstić information content (AvgIpc) is 2.17. The van der Waals surface area contributed by atoms with E-state index in [2.05, 4.69) is 9.72 Å². The van der Waals surface area contributed by atoms with E-state index in [0.29, 0.717) is 17.9 Å². The number of methoxy groups -OCH3 is 1. The third-order valence-corrected chi connectivity index (χ3v) is 1.41. The summed E-state index contributed by atoms with van der Waals surface area (Å²) in [7, 11) is 1.32. The van der Waals surface area contributed by atoms with E-state index in [1.54, 1.807) is 18.2 Å². The number of ether oxygens (including phenoxy) is 1. The lowest BCUT2D eigenvalue weighted by molar-refractivity contribution is 0.0593. The predicted octanol–water partition coefficient (Wildman–Crippen LogP) is 1.17. The zero-order valence-electron chi connectivity index (χ0n) is 7.60. The molecule has 0 aromatic carbocycles. The van der Waals surface area contributed by atoms with Gasteiger partial charge in [-0.05, 0) is 12.1 Å². The molecule has 1 heterocycles. The Morgan fingerprint density at radius 2 is 2.14 bits per heavy atom. The minimum absolute atomic E-state index is 0. The Morgan fingerprint density at radius 3 is 2.64 bits per heavy atom. The molecular formula is C8H12Cl2N2O2. The molecule has 4 nitrogen and oxygen atoms in total. The van der Waals surface area contributed by atoms with Crippen molar-refractivity contribution in [2.45, 2.75) is 6.54 Å². The van der Waals surface area contributed by atoms with E-state index in [-0.39, 0.29) is 24.8 Å². The van der Waals surface area contributed by atoms with Crippen molar-refractivity contribution in [1.82, 2.24) is 4.98 Å². The molecule has 0 atom stereocenters. The van der Waals surface area contributed by atoms with Crippen LogP contribution in [0.1, 0.15) is 16.2 Å². The molecule has 6 heteroatoms. The number of carbonyl (C=O) groups excluding carboxylic acids is 1. The first-order valence-electron chi connectivity index (χ1n) is 3.52. The maximum Gasteiger partial charge on any atom is 0.356 e. The van der Waals surface area contributed by atoms with Gasteiger partial charge < -0.3 is 10.5 Å². The van der Waals surface area contributed by atoms with Gasteiger partial charge in [0.05, 0.1) is 12.8 Å². The van der Waals surface area contributed by atoms with Gasteiger partial charge in [0.15, 0.2) is 0 Å². The Labute approximate surface area is 94.7 Å². The number of nitrogens with zero attached hydrogens (tertiary/aromatic N) is 1. The maximum absolute atomic E-state index is 11.0. The molecule has 0 spiro atoms. The molecule has 0 aliphatic heterocycles. The zero-order chi connectivity index (χ0) is 8.97. The van der Waals surface area contributed by atoms with Gasteiger partial charge in [-0.1, -0.05) is 6.07 Å². The van der Waals surface area contributed by atoms with Gasteiger partial charge >= 0.3 is 5.97 Å². The molecule has 0 aliphatic carbocycles. The van der Waals surface area contributed by atoms with Gasteiger partial charge in [-0.25, -0.2) is 9.78 Å². The van der Waals surface area contributed by atoms with Crippen molar-refractivity contribution in [3.63, 3.8) is 0 Å². The summed E-state index contributed by atoms with van der Waals surface area (Å²) in [6, 6.07) is 5.07. The van der Waals surface area contributed by atoms with Gasteiger partial charge in [-0.15, -0.1) is 24.8 Å². The molecule has 2 N–H and O–H groups in total. The number of carbonyl (C=O) groups is 1. The van der Waals surface area contributed by atoms with Crippen LogP contribution in [0.25, 0.3) is 0 Å². The molecule has 1 aromatic rings. The highest BCUT2D eigenvalue weighted by molar-refractivity contribution is 5.87. The van der Waals surface area contributed by atoms with Crippen LogP contribution in [0.5, 0.6) is 0 Å². The molecule has 0 bridgehead atoms. The van der Waals surface area contributed by atoms with E-state index in [1.807, 2.05) is 0 Å². The first kappa shape index (κ1) is 15.6. The van der Waals surface area contributed by atoms with Crippen LogP contribution in [-0.2, 0) is 11.3 Å². The molecule has 1 rings (SSSR count). The van der Waals surface area contributed by atoms with Crippen molar-refractivity contribution in [3.05, 3.63) is 29.6 Å². The van der Waals surface area contributed by atoms with Gasteiger partial charge in [0, 0.05) is 6.54 Å². The largest absolute Gasteiger partial charge is 0.464 e. The number of halogens is 2. The van der Waals surface area contributed by atoms with Gasteiger partial charge in [-0.2, -0.15) is 0 Å². The normalized spacial score (nSPS) is 8.14. The SMILES string of the molecule is COC(=O)c1cccc(CN)n1.Cl.Cl. The van der Waals surface area contributed by atoms with Crippen LogP contribution in [0.3, 0.4) is 0 Å². The van der Waals surface area contributed by atoms with Gasteiger partial charge in [-0.3, -0.25) is 0 Å². The Balaban J connectivity index is 0. The average molecular weight is 239 g/mol. The van der Waals surface area contributed by atoms with Crippen molar-refractivity contribution >= 4 is 30.8 Å². The Kier molecular flexibility index (Phi) is 8.43. The molecule has 1 aromatic heterocycles. The second kappa shape index (κ2) is 7.55. The highest BCUT2D eigenvalue weighted by Gasteiger charge is 2.05. The lowest BCUT2D eigenvalue weighted by Crippen LogP contribution is -2.07. The van der Waals surface area contributed by atoms with Crippen molar-refractivity contribution in [3.8, 4) is 0 Å². The minimum Gasteiger partial charge on any atom is -0.464 e. The number of hydrogen-bond acceptors (Lipinski definition) is 4. The van der Waals surface area contributed by atoms with E-state index >= 15 is 0 Å². The molecular weight excluding hydrogens is 227 g/mol.